The molecule has 0 bridgehead atoms. The lowest BCUT2D eigenvalue weighted by Gasteiger charge is -2.58. The van der Waals surface area contributed by atoms with Crippen LogP contribution in [0.2, 0.25) is 0 Å². The van der Waals surface area contributed by atoms with Gasteiger partial charge in [0.25, 0.3) is 0 Å². The van der Waals surface area contributed by atoms with Crippen molar-refractivity contribution in [2.45, 2.75) is 77.6 Å². The van der Waals surface area contributed by atoms with Gasteiger partial charge in [0.15, 0.2) is 0 Å². The number of nitrogens with one attached hydrogen (secondary N) is 1. The first kappa shape index (κ1) is 26.4. The lowest BCUT2D eigenvalue weighted by Crippen LogP contribution is -2.51. The van der Waals surface area contributed by atoms with Crippen LogP contribution in [0.1, 0.15) is 76.3 Å². The molecule has 6 unspecified atom stereocenters. The van der Waals surface area contributed by atoms with Crippen LogP contribution in [0.15, 0.2) is 42.0 Å². The molecule has 0 aromatic heterocycles. The van der Waals surface area contributed by atoms with Crippen LogP contribution in [0.3, 0.4) is 0 Å². The van der Waals surface area contributed by atoms with Crippen LogP contribution in [0, 0.1) is 34.5 Å². The molecular weight excluding hydrogens is 492 g/mol. The highest BCUT2D eigenvalue weighted by molar-refractivity contribution is 5.94. The number of benzene rings is 1. The Hall–Kier alpha value is -2.25. The molecule has 0 heterocycles. The Bertz CT molecular complexity index is 1150. The zero-order valence-corrected chi connectivity index (χ0v) is 21.2. The quantitative estimate of drug-likeness (QED) is 0.384. The first-order chi connectivity index (χ1) is 17.1. The molecule has 1 N–H and O–H groups in total. The fourth-order valence-electron chi connectivity index (χ4n) is 8.37. The molecule has 0 aliphatic heterocycles. The molecule has 5 rings (SSSR count). The third-order valence-corrected chi connectivity index (χ3v) is 10.3. The SMILES string of the molecule is C=C1C=C2CCC3C(CCC4(C)C(C(=O)Nc5cc(C(F)(F)F)ccc5C(F)(F)F)CCC34)C2(C)CC1. The van der Waals surface area contributed by atoms with Crippen molar-refractivity contribution in [3.8, 4) is 0 Å². The van der Waals surface area contributed by atoms with Gasteiger partial charge in [-0.05, 0) is 98.1 Å². The molecular formula is C29H33F6NO. The second-order valence-electron chi connectivity index (χ2n) is 12.1. The summed E-state index contributed by atoms with van der Waals surface area (Å²) < 4.78 is 80.5. The van der Waals surface area contributed by atoms with Crippen LogP contribution < -0.4 is 5.32 Å². The van der Waals surface area contributed by atoms with Crippen molar-refractivity contribution < 1.29 is 31.1 Å². The normalized spacial score (nSPS) is 35.8. The number of hydrogen-bond acceptors (Lipinski definition) is 1. The van der Waals surface area contributed by atoms with Crippen LogP contribution in [0.5, 0.6) is 0 Å². The molecule has 1 aromatic carbocycles. The van der Waals surface area contributed by atoms with E-state index in [0.29, 0.717) is 36.5 Å². The van der Waals surface area contributed by atoms with E-state index in [9.17, 15) is 31.1 Å². The van der Waals surface area contributed by atoms with Gasteiger partial charge in [-0.3, -0.25) is 4.79 Å². The molecule has 1 amide bonds. The van der Waals surface area contributed by atoms with Gasteiger partial charge in [-0.15, -0.1) is 0 Å². The molecule has 4 aliphatic rings. The van der Waals surface area contributed by atoms with Gasteiger partial charge in [0.2, 0.25) is 5.91 Å². The van der Waals surface area contributed by atoms with E-state index in [1.807, 2.05) is 0 Å². The molecule has 0 saturated heterocycles. The van der Waals surface area contributed by atoms with E-state index in [1.165, 1.54) is 11.1 Å². The number of allylic oxidation sites excluding steroid dienone is 3. The van der Waals surface area contributed by atoms with Crippen molar-refractivity contribution in [3.63, 3.8) is 0 Å². The molecule has 4 aliphatic carbocycles. The van der Waals surface area contributed by atoms with Crippen LogP contribution >= 0.6 is 0 Å². The summed E-state index contributed by atoms with van der Waals surface area (Å²) in [5, 5.41) is 2.28. The van der Waals surface area contributed by atoms with Crippen LogP contribution in [0.25, 0.3) is 0 Å². The van der Waals surface area contributed by atoms with Crippen LogP contribution in [-0.4, -0.2) is 5.91 Å². The Morgan fingerprint density at radius 1 is 0.946 bits per heavy atom. The number of carbonyl (C=O) groups excluding carboxylic acids is 1. The lowest BCUT2D eigenvalue weighted by molar-refractivity contribution is -0.141. The molecule has 2 nitrogen and oxygen atoms in total. The van der Waals surface area contributed by atoms with Crippen molar-refractivity contribution in [2.24, 2.45) is 34.5 Å². The maximum absolute atomic E-state index is 13.6. The smallest absolute Gasteiger partial charge is 0.325 e. The van der Waals surface area contributed by atoms with E-state index in [4.69, 9.17) is 0 Å². The molecule has 1 aromatic rings. The fraction of sp³-hybridized carbons (Fsp3) is 0.621. The number of alkyl halides is 6. The van der Waals surface area contributed by atoms with Crippen molar-refractivity contribution in [2.75, 3.05) is 5.32 Å². The number of hydrogen-bond donors (Lipinski definition) is 1. The van der Waals surface area contributed by atoms with E-state index < -0.39 is 41.0 Å². The predicted molar refractivity (Wildman–Crippen MR) is 129 cm³/mol. The Kier molecular flexibility index (Phi) is 6.15. The third kappa shape index (κ3) is 4.32. The first-order valence-electron chi connectivity index (χ1n) is 13.1. The Balaban J connectivity index is 1.40. The second-order valence-corrected chi connectivity index (χ2v) is 12.1. The van der Waals surface area contributed by atoms with Crippen LogP contribution in [-0.2, 0) is 17.1 Å². The van der Waals surface area contributed by atoms with Gasteiger partial charge in [-0.2, -0.15) is 26.3 Å². The predicted octanol–water partition coefficient (Wildman–Crippen LogP) is 8.80. The Morgan fingerprint density at radius 3 is 2.35 bits per heavy atom. The highest BCUT2D eigenvalue weighted by Crippen LogP contribution is 2.67. The number of fused-ring (bicyclic) bond motifs is 5. The van der Waals surface area contributed by atoms with Crippen molar-refractivity contribution in [1.82, 2.24) is 0 Å². The molecule has 3 fully saturated rings. The van der Waals surface area contributed by atoms with Crippen molar-refractivity contribution >= 4 is 11.6 Å². The molecule has 202 valence electrons. The van der Waals surface area contributed by atoms with E-state index >= 15 is 0 Å². The number of amides is 1. The largest absolute Gasteiger partial charge is 0.418 e. The maximum Gasteiger partial charge on any atom is 0.418 e. The van der Waals surface area contributed by atoms with Gasteiger partial charge >= 0.3 is 12.4 Å². The highest BCUT2D eigenvalue weighted by Gasteiger charge is 2.60. The minimum Gasteiger partial charge on any atom is -0.325 e. The molecule has 8 heteroatoms. The molecule has 3 saturated carbocycles. The topological polar surface area (TPSA) is 29.1 Å². The number of rotatable bonds is 2. The highest BCUT2D eigenvalue weighted by atomic mass is 19.4. The monoisotopic (exact) mass is 525 g/mol. The Labute approximate surface area is 213 Å². The summed E-state index contributed by atoms with van der Waals surface area (Å²) in [6.45, 7) is 8.58. The standard InChI is InChI=1S/C29H33F6NO/c1-16-10-12-26(2)17(14-16)4-6-19-20-8-9-23(27(20,3)13-11-21(19)26)25(37)36-24-15-18(28(30,31)32)5-7-22(24)29(33,34)35/h5,7,14-15,19-21,23H,1,4,6,8-13H2,2-3H3,(H,36,37). The molecule has 37 heavy (non-hydrogen) atoms. The van der Waals surface area contributed by atoms with E-state index in [-0.39, 0.29) is 16.7 Å². The summed E-state index contributed by atoms with van der Waals surface area (Å²) in [6.07, 6.45) is -0.279. The summed E-state index contributed by atoms with van der Waals surface area (Å²) in [6, 6.07) is 1.20. The second kappa shape index (κ2) is 8.63. The van der Waals surface area contributed by atoms with Gasteiger partial charge in [0.05, 0.1) is 16.8 Å². The van der Waals surface area contributed by atoms with Gasteiger partial charge in [0.1, 0.15) is 0 Å². The number of halogens is 6. The summed E-state index contributed by atoms with van der Waals surface area (Å²) in [4.78, 5) is 13.4. The minimum absolute atomic E-state index is 0.116. The van der Waals surface area contributed by atoms with Gasteiger partial charge in [-0.25, -0.2) is 0 Å². The number of carbonyl (C=O) groups is 1. The van der Waals surface area contributed by atoms with Crippen molar-refractivity contribution in [1.29, 1.82) is 0 Å². The van der Waals surface area contributed by atoms with Gasteiger partial charge in [0, 0.05) is 5.92 Å². The summed E-state index contributed by atoms with van der Waals surface area (Å²) >= 11 is 0. The summed E-state index contributed by atoms with van der Waals surface area (Å²) in [7, 11) is 0. The van der Waals surface area contributed by atoms with E-state index in [1.54, 1.807) is 0 Å². The molecule has 6 atom stereocenters. The maximum atomic E-state index is 13.6. The average Bonchev–Trinajstić information content (AvgIpc) is 3.15. The zero-order chi connectivity index (χ0) is 27.0. The average molecular weight is 526 g/mol. The first-order valence-corrected chi connectivity index (χ1v) is 13.1. The van der Waals surface area contributed by atoms with Gasteiger partial charge in [-0.1, -0.05) is 37.6 Å². The molecule has 0 spiro atoms. The number of anilines is 1. The third-order valence-electron chi connectivity index (χ3n) is 10.3. The molecule has 0 radical (unpaired) electrons. The van der Waals surface area contributed by atoms with Crippen molar-refractivity contribution in [3.05, 3.63) is 53.1 Å². The minimum atomic E-state index is -4.89. The van der Waals surface area contributed by atoms with E-state index in [2.05, 4.69) is 31.8 Å². The van der Waals surface area contributed by atoms with Crippen LogP contribution in [0.4, 0.5) is 32.0 Å². The summed E-state index contributed by atoms with van der Waals surface area (Å²) in [5.41, 5.74) is -0.929. The van der Waals surface area contributed by atoms with E-state index in [0.717, 1.165) is 44.9 Å². The lowest BCUT2D eigenvalue weighted by atomic mass is 9.46. The van der Waals surface area contributed by atoms with Gasteiger partial charge < -0.3 is 5.32 Å². The summed E-state index contributed by atoms with van der Waals surface area (Å²) in [5.74, 6) is 0.0639. The zero-order valence-electron chi connectivity index (χ0n) is 21.2. The Morgan fingerprint density at radius 2 is 1.68 bits per heavy atom. The fourth-order valence-corrected chi connectivity index (χ4v) is 8.37.